The summed E-state index contributed by atoms with van der Waals surface area (Å²) in [7, 11) is 2.00. The fourth-order valence-corrected chi connectivity index (χ4v) is 1.30. The molecule has 0 aliphatic rings. The van der Waals surface area contributed by atoms with Crippen LogP contribution in [0.3, 0.4) is 0 Å². The predicted octanol–water partition coefficient (Wildman–Crippen LogP) is 1.92. The van der Waals surface area contributed by atoms with Crippen LogP contribution in [0.1, 0.15) is 19.4 Å². The van der Waals surface area contributed by atoms with E-state index in [0.717, 1.165) is 5.56 Å². The molecule has 1 heterocycles. The van der Waals surface area contributed by atoms with Crippen molar-refractivity contribution in [2.75, 3.05) is 13.2 Å². The van der Waals surface area contributed by atoms with Crippen LogP contribution in [0.4, 0.5) is 0 Å². The average molecular weight is 222 g/mol. The van der Waals surface area contributed by atoms with Gasteiger partial charge in [-0.2, -0.15) is 0 Å². The van der Waals surface area contributed by atoms with Gasteiger partial charge in [-0.3, -0.25) is 0 Å². The highest BCUT2D eigenvalue weighted by Crippen LogP contribution is 2.03. The molecule has 1 rings (SSSR count). The summed E-state index contributed by atoms with van der Waals surface area (Å²) in [5, 5.41) is 0. The lowest BCUT2D eigenvalue weighted by molar-refractivity contribution is -0.671. The van der Waals surface area contributed by atoms with Crippen molar-refractivity contribution in [3.63, 3.8) is 0 Å². The van der Waals surface area contributed by atoms with Crippen molar-refractivity contribution in [2.24, 2.45) is 7.05 Å². The molecule has 3 nitrogen and oxygen atoms in total. The van der Waals surface area contributed by atoms with Crippen LogP contribution in [0.5, 0.6) is 0 Å². The number of aromatic nitrogens is 1. The van der Waals surface area contributed by atoms with Gasteiger partial charge in [-0.1, -0.05) is 6.08 Å². The molecule has 0 aromatic carbocycles. The third kappa shape index (κ3) is 4.55. The van der Waals surface area contributed by atoms with Crippen LogP contribution < -0.4 is 4.57 Å². The zero-order valence-electron chi connectivity index (χ0n) is 10.2. The molecule has 0 aliphatic carbocycles. The van der Waals surface area contributed by atoms with Gasteiger partial charge in [0.2, 0.25) is 0 Å². The highest BCUT2D eigenvalue weighted by molar-refractivity contribution is 5.47. The largest absolute Gasteiger partial charge is 0.349 e. The van der Waals surface area contributed by atoms with E-state index in [4.69, 9.17) is 9.47 Å². The van der Waals surface area contributed by atoms with Crippen LogP contribution in [-0.2, 0) is 16.5 Å². The summed E-state index contributed by atoms with van der Waals surface area (Å²) in [6.07, 6.45) is 7.72. The minimum atomic E-state index is -0.246. The van der Waals surface area contributed by atoms with E-state index in [1.807, 2.05) is 62.1 Å². The molecule has 0 unspecified atom stereocenters. The fraction of sp³-hybridized carbons (Fsp3) is 0.462. The molecule has 88 valence electrons. The molecule has 0 saturated carbocycles. The fourth-order valence-electron chi connectivity index (χ4n) is 1.30. The van der Waals surface area contributed by atoms with E-state index in [0.29, 0.717) is 13.2 Å². The number of rotatable bonds is 6. The Kier molecular flexibility index (Phi) is 5.75. The minimum absolute atomic E-state index is 0.246. The monoisotopic (exact) mass is 222 g/mol. The summed E-state index contributed by atoms with van der Waals surface area (Å²) in [6, 6.07) is 4.09. The second-order valence-electron chi connectivity index (χ2n) is 3.44. The first-order valence-corrected chi connectivity index (χ1v) is 5.63. The summed E-state index contributed by atoms with van der Waals surface area (Å²) in [5.74, 6) is 0. The molecule has 0 bridgehead atoms. The standard InChI is InChI=1S/C13H20NO2/c1-4-15-13(16-5-2)7-6-12-8-10-14(3)11-9-12/h6-11,13H,4-5H2,1-3H3/q+1. The van der Waals surface area contributed by atoms with E-state index >= 15 is 0 Å². The highest BCUT2D eigenvalue weighted by Gasteiger charge is 2.01. The Balaban J connectivity index is 2.58. The number of pyridine rings is 1. The lowest BCUT2D eigenvalue weighted by Gasteiger charge is -2.12. The first kappa shape index (κ1) is 12.9. The Morgan fingerprint density at radius 1 is 1.19 bits per heavy atom. The summed E-state index contributed by atoms with van der Waals surface area (Å²) in [4.78, 5) is 0. The third-order valence-corrected chi connectivity index (χ3v) is 2.11. The summed E-state index contributed by atoms with van der Waals surface area (Å²) in [6.45, 7) is 5.22. The Hall–Kier alpha value is -1.19. The molecule has 0 N–H and O–H groups in total. The number of ether oxygens (including phenoxy) is 2. The van der Waals surface area contributed by atoms with E-state index < -0.39 is 0 Å². The third-order valence-electron chi connectivity index (χ3n) is 2.11. The summed E-state index contributed by atoms with van der Waals surface area (Å²) in [5.41, 5.74) is 1.14. The molecule has 3 heteroatoms. The minimum Gasteiger partial charge on any atom is -0.349 e. The SMILES string of the molecule is CCOC(C=Cc1cc[n+](C)cc1)OCC. The molecule has 0 atom stereocenters. The zero-order valence-corrected chi connectivity index (χ0v) is 10.2. The van der Waals surface area contributed by atoms with Gasteiger partial charge in [0, 0.05) is 25.3 Å². The topological polar surface area (TPSA) is 22.3 Å². The van der Waals surface area contributed by atoms with Crippen LogP contribution >= 0.6 is 0 Å². The normalized spacial score (nSPS) is 11.5. The van der Waals surface area contributed by atoms with Crippen LogP contribution in [-0.4, -0.2) is 19.5 Å². The van der Waals surface area contributed by atoms with Gasteiger partial charge in [-0.25, -0.2) is 4.57 Å². The van der Waals surface area contributed by atoms with Gasteiger partial charge in [-0.05, 0) is 25.5 Å². The first-order chi connectivity index (χ1) is 7.76. The maximum absolute atomic E-state index is 5.41. The number of hydrogen-bond donors (Lipinski definition) is 0. The Bertz CT molecular complexity index is 313. The average Bonchev–Trinajstić information content (AvgIpc) is 2.29. The zero-order chi connectivity index (χ0) is 11.8. The van der Waals surface area contributed by atoms with E-state index in [-0.39, 0.29) is 6.29 Å². The van der Waals surface area contributed by atoms with Gasteiger partial charge >= 0.3 is 0 Å². The highest BCUT2D eigenvalue weighted by atomic mass is 16.7. The quantitative estimate of drug-likeness (QED) is 0.542. The molecule has 0 amide bonds. The number of hydrogen-bond acceptors (Lipinski definition) is 2. The van der Waals surface area contributed by atoms with Crippen LogP contribution in [0, 0.1) is 0 Å². The van der Waals surface area contributed by atoms with E-state index in [1.165, 1.54) is 0 Å². The molecule has 1 aromatic rings. The van der Waals surface area contributed by atoms with Crippen molar-refractivity contribution in [1.82, 2.24) is 0 Å². The first-order valence-electron chi connectivity index (χ1n) is 5.63. The lowest BCUT2D eigenvalue weighted by Crippen LogP contribution is -2.25. The van der Waals surface area contributed by atoms with Crippen molar-refractivity contribution in [1.29, 1.82) is 0 Å². The number of aryl methyl sites for hydroxylation is 1. The maximum atomic E-state index is 5.41. The van der Waals surface area contributed by atoms with Crippen molar-refractivity contribution < 1.29 is 14.0 Å². The summed E-state index contributed by atoms with van der Waals surface area (Å²) < 4.78 is 12.8. The predicted molar refractivity (Wildman–Crippen MR) is 63.7 cm³/mol. The molecule has 0 radical (unpaired) electrons. The second-order valence-corrected chi connectivity index (χ2v) is 3.44. The van der Waals surface area contributed by atoms with Gasteiger partial charge in [-0.15, -0.1) is 0 Å². The molecule has 1 aromatic heterocycles. The van der Waals surface area contributed by atoms with Gasteiger partial charge < -0.3 is 9.47 Å². The van der Waals surface area contributed by atoms with Gasteiger partial charge in [0.15, 0.2) is 18.7 Å². The molecule has 16 heavy (non-hydrogen) atoms. The van der Waals surface area contributed by atoms with E-state index in [2.05, 4.69) is 0 Å². The lowest BCUT2D eigenvalue weighted by atomic mass is 10.2. The summed E-state index contributed by atoms with van der Waals surface area (Å²) >= 11 is 0. The molecular formula is C13H20NO2+. The molecule has 0 saturated heterocycles. The van der Waals surface area contributed by atoms with Crippen LogP contribution in [0.2, 0.25) is 0 Å². The molecule has 0 fully saturated rings. The Morgan fingerprint density at radius 3 is 2.25 bits per heavy atom. The smallest absolute Gasteiger partial charge is 0.177 e. The van der Waals surface area contributed by atoms with Crippen molar-refractivity contribution in [3.8, 4) is 0 Å². The Morgan fingerprint density at radius 2 is 1.75 bits per heavy atom. The molecular weight excluding hydrogens is 202 g/mol. The van der Waals surface area contributed by atoms with Crippen LogP contribution in [0.15, 0.2) is 30.6 Å². The van der Waals surface area contributed by atoms with Gasteiger partial charge in [0.25, 0.3) is 0 Å². The van der Waals surface area contributed by atoms with E-state index in [9.17, 15) is 0 Å². The van der Waals surface area contributed by atoms with Gasteiger partial charge in [0.05, 0.1) is 0 Å². The van der Waals surface area contributed by atoms with Crippen molar-refractivity contribution >= 4 is 6.08 Å². The van der Waals surface area contributed by atoms with Gasteiger partial charge in [0.1, 0.15) is 7.05 Å². The second kappa shape index (κ2) is 7.14. The van der Waals surface area contributed by atoms with Crippen molar-refractivity contribution in [2.45, 2.75) is 20.1 Å². The number of nitrogens with zero attached hydrogens (tertiary/aromatic N) is 1. The maximum Gasteiger partial charge on any atom is 0.177 e. The molecule has 0 aliphatic heterocycles. The van der Waals surface area contributed by atoms with E-state index in [1.54, 1.807) is 0 Å². The van der Waals surface area contributed by atoms with Crippen LogP contribution in [0.25, 0.3) is 6.08 Å². The van der Waals surface area contributed by atoms with Crippen molar-refractivity contribution in [3.05, 3.63) is 36.2 Å². The molecule has 0 spiro atoms. The Labute approximate surface area is 97.3 Å².